The molecule has 0 radical (unpaired) electrons. The van der Waals surface area contributed by atoms with Crippen LogP contribution >= 0.6 is 11.3 Å². The molecule has 0 saturated carbocycles. The molecule has 4 aromatic rings. The highest BCUT2D eigenvalue weighted by Gasteiger charge is 2.25. The number of piperazine rings is 1. The van der Waals surface area contributed by atoms with Crippen molar-refractivity contribution in [3.63, 3.8) is 0 Å². The first-order valence-electron chi connectivity index (χ1n) is 9.81. The zero-order chi connectivity index (χ0) is 20.7. The molecule has 1 fully saturated rings. The molecule has 0 N–H and O–H groups in total. The lowest BCUT2D eigenvalue weighted by Gasteiger charge is -2.34. The van der Waals surface area contributed by atoms with Crippen molar-refractivity contribution in [1.29, 1.82) is 0 Å². The fraction of sp³-hybridized carbons (Fsp3) is 0.227. The van der Waals surface area contributed by atoms with Gasteiger partial charge in [0.2, 0.25) is 0 Å². The zero-order valence-corrected chi connectivity index (χ0v) is 17.3. The molecule has 30 heavy (non-hydrogen) atoms. The Balaban J connectivity index is 1.34. The number of benzene rings is 2. The Bertz CT molecular complexity index is 1190. The number of rotatable bonds is 3. The number of hydrogen-bond donors (Lipinski definition) is 0. The first kappa shape index (κ1) is 18.7. The van der Waals surface area contributed by atoms with E-state index >= 15 is 0 Å². The van der Waals surface area contributed by atoms with E-state index < -0.39 is 0 Å². The second-order valence-corrected chi connectivity index (χ2v) is 8.25. The van der Waals surface area contributed by atoms with Gasteiger partial charge in [-0.25, -0.2) is 9.07 Å². The van der Waals surface area contributed by atoms with Crippen molar-refractivity contribution >= 4 is 32.7 Å². The number of aromatic nitrogens is 3. The smallest absolute Gasteiger partial charge is 0.253 e. The number of fused-ring (bicyclic) bond motifs is 1. The predicted molar refractivity (Wildman–Crippen MR) is 116 cm³/mol. The summed E-state index contributed by atoms with van der Waals surface area (Å²) in [7, 11) is 0. The molecule has 8 heteroatoms. The Hall–Kier alpha value is -3.26. The lowest BCUT2D eigenvalue weighted by Crippen LogP contribution is -2.48. The van der Waals surface area contributed by atoms with Gasteiger partial charge in [-0.15, -0.1) is 0 Å². The van der Waals surface area contributed by atoms with Gasteiger partial charge in [-0.1, -0.05) is 29.5 Å². The highest BCUT2D eigenvalue weighted by Crippen LogP contribution is 2.33. The fourth-order valence-electron chi connectivity index (χ4n) is 3.68. The molecule has 1 aliphatic heterocycles. The van der Waals surface area contributed by atoms with Crippen LogP contribution in [-0.2, 0) is 0 Å². The van der Waals surface area contributed by atoms with Crippen LogP contribution in [0.3, 0.4) is 0 Å². The van der Waals surface area contributed by atoms with Crippen molar-refractivity contribution < 1.29 is 9.18 Å². The number of amides is 1. The summed E-state index contributed by atoms with van der Waals surface area (Å²) in [4.78, 5) is 21.6. The van der Waals surface area contributed by atoms with E-state index in [9.17, 15) is 9.18 Å². The zero-order valence-electron chi connectivity index (χ0n) is 16.5. The summed E-state index contributed by atoms with van der Waals surface area (Å²) in [5.74, 6) is -0.397. The monoisotopic (exact) mass is 421 g/mol. The molecule has 152 valence electrons. The standard InChI is InChI=1S/C22H20FN5OS/c1-15-19-20(28(25-15)18-5-3-2-4-6-18)24-22(30-19)27-13-11-26(12-14-27)21(29)16-7-9-17(23)10-8-16/h2-10H,11-14H2,1H3. The minimum absolute atomic E-state index is 0.0606. The minimum Gasteiger partial charge on any atom is -0.344 e. The van der Waals surface area contributed by atoms with Crippen LogP contribution in [0.1, 0.15) is 16.1 Å². The molecule has 1 amide bonds. The van der Waals surface area contributed by atoms with Crippen molar-refractivity contribution in [3.05, 3.63) is 71.7 Å². The second-order valence-electron chi connectivity index (χ2n) is 7.27. The van der Waals surface area contributed by atoms with E-state index in [4.69, 9.17) is 4.98 Å². The number of aryl methyl sites for hydroxylation is 1. The summed E-state index contributed by atoms with van der Waals surface area (Å²) in [6, 6.07) is 15.7. The molecule has 1 aliphatic rings. The van der Waals surface area contributed by atoms with Gasteiger partial charge in [-0.2, -0.15) is 10.1 Å². The summed E-state index contributed by atoms with van der Waals surface area (Å²) in [5, 5.41) is 5.60. The number of halogens is 1. The first-order valence-corrected chi connectivity index (χ1v) is 10.6. The van der Waals surface area contributed by atoms with Gasteiger partial charge in [0.15, 0.2) is 10.8 Å². The quantitative estimate of drug-likeness (QED) is 0.504. The van der Waals surface area contributed by atoms with Crippen LogP contribution in [0.25, 0.3) is 16.0 Å². The third-order valence-corrected chi connectivity index (χ3v) is 6.52. The topological polar surface area (TPSA) is 54.3 Å². The molecule has 1 saturated heterocycles. The Morgan fingerprint density at radius 2 is 1.70 bits per heavy atom. The number of carbonyl (C=O) groups is 1. The third-order valence-electron chi connectivity index (χ3n) is 5.31. The number of thiazole rings is 1. The summed E-state index contributed by atoms with van der Waals surface area (Å²) >= 11 is 1.64. The average Bonchev–Trinajstić information content (AvgIpc) is 3.35. The van der Waals surface area contributed by atoms with E-state index in [2.05, 4.69) is 10.00 Å². The molecule has 2 aromatic heterocycles. The number of nitrogens with zero attached hydrogens (tertiary/aromatic N) is 5. The van der Waals surface area contributed by atoms with Gasteiger partial charge in [0.05, 0.1) is 16.1 Å². The molecule has 0 atom stereocenters. The van der Waals surface area contributed by atoms with Gasteiger partial charge in [-0.05, 0) is 43.3 Å². The van der Waals surface area contributed by atoms with Gasteiger partial charge < -0.3 is 9.80 Å². The number of hydrogen-bond acceptors (Lipinski definition) is 5. The molecule has 2 aromatic carbocycles. The van der Waals surface area contributed by atoms with Crippen molar-refractivity contribution in [1.82, 2.24) is 19.7 Å². The second kappa shape index (κ2) is 7.53. The average molecular weight is 422 g/mol. The summed E-state index contributed by atoms with van der Waals surface area (Å²) in [6.45, 7) is 4.64. The van der Waals surface area contributed by atoms with Crippen LogP contribution in [0.15, 0.2) is 54.6 Å². The van der Waals surface area contributed by atoms with E-state index in [0.717, 1.165) is 26.9 Å². The summed E-state index contributed by atoms with van der Waals surface area (Å²) in [6.07, 6.45) is 0. The van der Waals surface area contributed by atoms with Crippen LogP contribution in [0.4, 0.5) is 9.52 Å². The highest BCUT2D eigenvalue weighted by atomic mass is 32.1. The van der Waals surface area contributed by atoms with Crippen molar-refractivity contribution in [3.8, 4) is 5.69 Å². The number of anilines is 1. The maximum atomic E-state index is 13.1. The predicted octanol–water partition coefficient (Wildman–Crippen LogP) is 3.89. The molecule has 0 aliphatic carbocycles. The number of carbonyl (C=O) groups excluding carboxylic acids is 1. The molecule has 3 heterocycles. The Kier molecular flexibility index (Phi) is 4.71. The number of para-hydroxylation sites is 1. The molecular formula is C22H20FN5OS. The van der Waals surface area contributed by atoms with Gasteiger partial charge >= 0.3 is 0 Å². The van der Waals surface area contributed by atoms with Gasteiger partial charge in [0.1, 0.15) is 5.82 Å². The molecule has 0 spiro atoms. The van der Waals surface area contributed by atoms with E-state index in [1.165, 1.54) is 24.3 Å². The van der Waals surface area contributed by atoms with Crippen LogP contribution in [-0.4, -0.2) is 51.8 Å². The van der Waals surface area contributed by atoms with E-state index in [0.29, 0.717) is 31.7 Å². The van der Waals surface area contributed by atoms with Crippen LogP contribution in [0.5, 0.6) is 0 Å². The maximum absolute atomic E-state index is 13.1. The van der Waals surface area contributed by atoms with Crippen LogP contribution in [0, 0.1) is 12.7 Å². The molecule has 6 nitrogen and oxygen atoms in total. The molecule has 5 rings (SSSR count). The summed E-state index contributed by atoms with van der Waals surface area (Å²) in [5.41, 5.74) is 3.33. The van der Waals surface area contributed by atoms with Crippen LogP contribution in [0.2, 0.25) is 0 Å². The van der Waals surface area contributed by atoms with Gasteiger partial charge in [-0.3, -0.25) is 4.79 Å². The van der Waals surface area contributed by atoms with E-state index in [1.54, 1.807) is 11.3 Å². The normalized spacial score (nSPS) is 14.5. The maximum Gasteiger partial charge on any atom is 0.253 e. The largest absolute Gasteiger partial charge is 0.344 e. The Morgan fingerprint density at radius 1 is 1.00 bits per heavy atom. The molecular weight excluding hydrogens is 401 g/mol. The molecule has 0 bridgehead atoms. The lowest BCUT2D eigenvalue weighted by atomic mass is 10.2. The first-order chi connectivity index (χ1) is 14.6. The third kappa shape index (κ3) is 3.33. The van der Waals surface area contributed by atoms with Gasteiger partial charge in [0.25, 0.3) is 5.91 Å². The van der Waals surface area contributed by atoms with Crippen LogP contribution < -0.4 is 4.90 Å². The van der Waals surface area contributed by atoms with E-state index in [-0.39, 0.29) is 11.7 Å². The van der Waals surface area contributed by atoms with Crippen molar-refractivity contribution in [2.75, 3.05) is 31.1 Å². The molecule has 0 unspecified atom stereocenters. The van der Waals surface area contributed by atoms with Crippen molar-refractivity contribution in [2.24, 2.45) is 0 Å². The summed E-state index contributed by atoms with van der Waals surface area (Å²) < 4.78 is 16.1. The highest BCUT2D eigenvalue weighted by molar-refractivity contribution is 7.22. The Labute approximate surface area is 177 Å². The van der Waals surface area contributed by atoms with Crippen molar-refractivity contribution in [2.45, 2.75) is 6.92 Å². The van der Waals surface area contributed by atoms with Gasteiger partial charge in [0, 0.05) is 31.7 Å². The SMILES string of the molecule is Cc1nn(-c2ccccc2)c2nc(N3CCN(C(=O)c4ccc(F)cc4)CC3)sc12. The van der Waals surface area contributed by atoms with E-state index in [1.807, 2.05) is 46.8 Å². The Morgan fingerprint density at radius 3 is 2.40 bits per heavy atom. The fourth-order valence-corrected chi connectivity index (χ4v) is 4.72. The minimum atomic E-state index is -0.337. The lowest BCUT2D eigenvalue weighted by molar-refractivity contribution is 0.0746.